The summed E-state index contributed by atoms with van der Waals surface area (Å²) < 4.78 is 5.62. The molecule has 0 amide bonds. The number of hydrogen-bond acceptors (Lipinski definition) is 3. The monoisotopic (exact) mass is 245 g/mol. The average molecular weight is 245 g/mol. The molecule has 1 atom stereocenters. The van der Waals surface area contributed by atoms with E-state index in [2.05, 4.69) is 27.7 Å². The van der Waals surface area contributed by atoms with Crippen molar-refractivity contribution in [2.45, 2.75) is 47.0 Å². The van der Waals surface area contributed by atoms with E-state index < -0.39 is 0 Å². The highest BCUT2D eigenvalue weighted by atomic mass is 16.5. The Bertz CT molecular complexity index is 177. The van der Waals surface area contributed by atoms with Gasteiger partial charge in [0.25, 0.3) is 0 Å². The van der Waals surface area contributed by atoms with Crippen molar-refractivity contribution in [1.29, 1.82) is 0 Å². The fraction of sp³-hybridized carbons (Fsp3) is 1.00. The van der Waals surface area contributed by atoms with Gasteiger partial charge in [0.2, 0.25) is 0 Å². The van der Waals surface area contributed by atoms with Crippen molar-refractivity contribution in [3.8, 4) is 0 Å². The first kappa shape index (κ1) is 16.9. The molecule has 0 bridgehead atoms. The second kappa shape index (κ2) is 8.90. The molecule has 0 radical (unpaired) electrons. The van der Waals surface area contributed by atoms with Crippen LogP contribution in [0.2, 0.25) is 0 Å². The average Bonchev–Trinajstić information content (AvgIpc) is 2.26. The maximum Gasteiger partial charge on any atom is 0.0500 e. The minimum Gasteiger partial charge on any atom is -0.396 e. The fourth-order valence-electron chi connectivity index (χ4n) is 2.07. The zero-order valence-corrected chi connectivity index (χ0v) is 12.0. The lowest BCUT2D eigenvalue weighted by molar-refractivity contribution is 0.0452. The van der Waals surface area contributed by atoms with Crippen LogP contribution in [0.4, 0.5) is 0 Å². The lowest BCUT2D eigenvalue weighted by Crippen LogP contribution is -2.37. The Hall–Kier alpha value is -0.120. The van der Waals surface area contributed by atoms with Crippen molar-refractivity contribution < 1.29 is 9.84 Å². The van der Waals surface area contributed by atoms with Gasteiger partial charge in [-0.25, -0.2) is 0 Å². The summed E-state index contributed by atoms with van der Waals surface area (Å²) in [4.78, 5) is 0. The zero-order chi connectivity index (χ0) is 13.3. The van der Waals surface area contributed by atoms with E-state index in [9.17, 15) is 5.11 Å². The lowest BCUT2D eigenvalue weighted by atomic mass is 9.78. The summed E-state index contributed by atoms with van der Waals surface area (Å²) in [6.45, 7) is 10.9. The van der Waals surface area contributed by atoms with Crippen molar-refractivity contribution in [3.05, 3.63) is 0 Å². The first-order valence-electron chi connectivity index (χ1n) is 6.84. The normalized spacial score (nSPS) is 15.5. The van der Waals surface area contributed by atoms with Gasteiger partial charge >= 0.3 is 0 Å². The standard InChI is InChI=1S/C14H31NO2/c1-12(2)5-7-17-8-6-14(10-15,11-16)9-13(3)4/h12-13,16H,5-11,15H2,1-4H3. The quantitative estimate of drug-likeness (QED) is 0.581. The van der Waals surface area contributed by atoms with Crippen LogP contribution in [-0.2, 0) is 4.74 Å². The maximum absolute atomic E-state index is 9.53. The molecule has 3 nitrogen and oxygen atoms in total. The summed E-state index contributed by atoms with van der Waals surface area (Å²) in [6, 6.07) is 0. The molecule has 0 spiro atoms. The van der Waals surface area contributed by atoms with Gasteiger partial charge in [-0.3, -0.25) is 0 Å². The highest BCUT2D eigenvalue weighted by Crippen LogP contribution is 2.28. The fourth-order valence-corrected chi connectivity index (χ4v) is 2.07. The summed E-state index contributed by atoms with van der Waals surface area (Å²) in [5.74, 6) is 1.24. The summed E-state index contributed by atoms with van der Waals surface area (Å²) in [6.07, 6.45) is 2.92. The van der Waals surface area contributed by atoms with Gasteiger partial charge in [0.15, 0.2) is 0 Å². The number of aliphatic hydroxyl groups excluding tert-OH is 1. The van der Waals surface area contributed by atoms with E-state index in [1.54, 1.807) is 0 Å². The van der Waals surface area contributed by atoms with Crippen LogP contribution in [0, 0.1) is 17.3 Å². The number of nitrogens with two attached hydrogens (primary N) is 1. The van der Waals surface area contributed by atoms with Gasteiger partial charge < -0.3 is 15.6 Å². The number of aliphatic hydroxyl groups is 1. The zero-order valence-electron chi connectivity index (χ0n) is 12.0. The maximum atomic E-state index is 9.53. The van der Waals surface area contributed by atoms with E-state index in [4.69, 9.17) is 10.5 Å². The molecule has 0 fully saturated rings. The molecule has 1 unspecified atom stereocenters. The van der Waals surface area contributed by atoms with Gasteiger partial charge in [-0.1, -0.05) is 27.7 Å². The second-order valence-electron chi connectivity index (χ2n) is 6.01. The molecule has 17 heavy (non-hydrogen) atoms. The van der Waals surface area contributed by atoms with E-state index >= 15 is 0 Å². The van der Waals surface area contributed by atoms with E-state index in [1.807, 2.05) is 0 Å². The Balaban J connectivity index is 3.92. The lowest BCUT2D eigenvalue weighted by Gasteiger charge is -2.32. The Morgan fingerprint density at radius 2 is 1.76 bits per heavy atom. The highest BCUT2D eigenvalue weighted by Gasteiger charge is 2.28. The van der Waals surface area contributed by atoms with Crippen molar-refractivity contribution in [2.24, 2.45) is 23.0 Å². The van der Waals surface area contributed by atoms with Gasteiger partial charge in [0, 0.05) is 31.8 Å². The Kier molecular flexibility index (Phi) is 8.83. The SMILES string of the molecule is CC(C)CCOCCC(CN)(CO)CC(C)C. The molecule has 0 aliphatic heterocycles. The summed E-state index contributed by atoms with van der Waals surface area (Å²) in [7, 11) is 0. The summed E-state index contributed by atoms with van der Waals surface area (Å²) in [5.41, 5.74) is 5.67. The van der Waals surface area contributed by atoms with Crippen LogP contribution in [0.15, 0.2) is 0 Å². The Labute approximate surface area is 107 Å². The molecule has 3 heteroatoms. The van der Waals surface area contributed by atoms with Crippen LogP contribution in [0.5, 0.6) is 0 Å². The first-order chi connectivity index (χ1) is 7.95. The van der Waals surface area contributed by atoms with Crippen molar-refractivity contribution >= 4 is 0 Å². The molecule has 0 rings (SSSR count). The van der Waals surface area contributed by atoms with Crippen LogP contribution >= 0.6 is 0 Å². The van der Waals surface area contributed by atoms with Gasteiger partial charge in [-0.15, -0.1) is 0 Å². The molecular formula is C14H31NO2. The third-order valence-corrected chi connectivity index (χ3v) is 3.23. The third kappa shape index (κ3) is 7.74. The van der Waals surface area contributed by atoms with Crippen molar-refractivity contribution in [1.82, 2.24) is 0 Å². The highest BCUT2D eigenvalue weighted by molar-refractivity contribution is 4.80. The molecule has 0 heterocycles. The molecule has 0 aromatic carbocycles. The van der Waals surface area contributed by atoms with E-state index in [0.29, 0.717) is 25.0 Å². The summed E-state index contributed by atoms with van der Waals surface area (Å²) in [5, 5.41) is 9.53. The van der Waals surface area contributed by atoms with Crippen LogP contribution in [0.1, 0.15) is 47.0 Å². The number of rotatable bonds is 10. The van der Waals surface area contributed by atoms with E-state index in [1.165, 1.54) is 0 Å². The minimum atomic E-state index is -0.147. The predicted octanol–water partition coefficient (Wildman–Crippen LogP) is 2.42. The van der Waals surface area contributed by atoms with Crippen LogP contribution in [0.3, 0.4) is 0 Å². The summed E-state index contributed by atoms with van der Waals surface area (Å²) >= 11 is 0. The topological polar surface area (TPSA) is 55.5 Å². The van der Waals surface area contributed by atoms with Gasteiger partial charge in [-0.05, 0) is 31.1 Å². The molecular weight excluding hydrogens is 214 g/mol. The molecule has 0 saturated carbocycles. The largest absolute Gasteiger partial charge is 0.396 e. The molecule has 0 aliphatic carbocycles. The second-order valence-corrected chi connectivity index (χ2v) is 6.01. The van der Waals surface area contributed by atoms with E-state index in [-0.39, 0.29) is 12.0 Å². The molecule has 0 saturated heterocycles. The van der Waals surface area contributed by atoms with Crippen LogP contribution in [0.25, 0.3) is 0 Å². The third-order valence-electron chi connectivity index (χ3n) is 3.23. The smallest absolute Gasteiger partial charge is 0.0500 e. The Morgan fingerprint density at radius 3 is 2.18 bits per heavy atom. The predicted molar refractivity (Wildman–Crippen MR) is 72.9 cm³/mol. The number of ether oxygens (including phenoxy) is 1. The molecule has 0 aromatic rings. The van der Waals surface area contributed by atoms with Crippen molar-refractivity contribution in [3.63, 3.8) is 0 Å². The Morgan fingerprint density at radius 1 is 1.12 bits per heavy atom. The molecule has 104 valence electrons. The van der Waals surface area contributed by atoms with Gasteiger partial charge in [0.05, 0.1) is 0 Å². The van der Waals surface area contributed by atoms with Crippen LogP contribution < -0.4 is 5.73 Å². The molecule has 0 aliphatic rings. The van der Waals surface area contributed by atoms with Crippen LogP contribution in [-0.4, -0.2) is 31.5 Å². The van der Waals surface area contributed by atoms with E-state index in [0.717, 1.165) is 25.9 Å². The van der Waals surface area contributed by atoms with Gasteiger partial charge in [-0.2, -0.15) is 0 Å². The minimum absolute atomic E-state index is 0.147. The first-order valence-corrected chi connectivity index (χ1v) is 6.84. The van der Waals surface area contributed by atoms with Crippen molar-refractivity contribution in [2.75, 3.05) is 26.4 Å². The molecule has 0 aromatic heterocycles. The molecule has 3 N–H and O–H groups in total. The number of hydrogen-bond donors (Lipinski definition) is 2. The van der Waals surface area contributed by atoms with Gasteiger partial charge in [0.1, 0.15) is 0 Å².